The number of piperazine rings is 2. The molecule has 2 saturated heterocycles. The Labute approximate surface area is 241 Å². The largest absolute Gasteiger partial charge is 0.401 e. The summed E-state index contributed by atoms with van der Waals surface area (Å²) in [5.74, 6) is -0.576. The summed E-state index contributed by atoms with van der Waals surface area (Å²) < 4.78 is 84.5. The zero-order valence-electron chi connectivity index (χ0n) is 22.7. The Morgan fingerprint density at radius 2 is 1.16 bits per heavy atom. The van der Waals surface area contributed by atoms with Gasteiger partial charge in [0.1, 0.15) is 17.2 Å². The summed E-state index contributed by atoms with van der Waals surface area (Å²) in [4.78, 5) is 24.2. The number of hydrogen-bond donors (Lipinski definition) is 3. The van der Waals surface area contributed by atoms with Gasteiger partial charge in [0, 0.05) is 76.2 Å². The molecule has 4 rings (SSSR count). The van der Waals surface area contributed by atoms with E-state index in [1.54, 1.807) is 6.07 Å². The molecule has 0 atom stereocenters. The molecule has 12 nitrogen and oxygen atoms in total. The summed E-state index contributed by atoms with van der Waals surface area (Å²) in [6, 6.07) is 7.30. The number of nitrogens with two attached hydrogens (primary N) is 2. The van der Waals surface area contributed by atoms with Crippen molar-refractivity contribution in [2.75, 3.05) is 81.8 Å². The van der Waals surface area contributed by atoms with E-state index >= 15 is 0 Å². The SMILES string of the molecule is FC(F)(F)CN1CCNCC1.Nc1cc(F)ccc1[N+](=O)[O-].Nc1cc(N2CCN(CC(F)(F)F)CC2)ccc1[N+](=O)[O-]. The van der Waals surface area contributed by atoms with Crippen molar-refractivity contribution in [1.29, 1.82) is 0 Å². The second-order valence-electron chi connectivity index (χ2n) is 9.48. The maximum Gasteiger partial charge on any atom is 0.401 e. The molecular formula is C24H31F7N8O4. The van der Waals surface area contributed by atoms with E-state index in [1.165, 1.54) is 21.9 Å². The molecule has 2 aliphatic rings. The fourth-order valence-corrected chi connectivity index (χ4v) is 4.14. The highest BCUT2D eigenvalue weighted by molar-refractivity contribution is 5.66. The highest BCUT2D eigenvalue weighted by atomic mass is 19.4. The maximum absolute atomic E-state index is 12.3. The number of nitrogens with zero attached hydrogens (tertiary/aromatic N) is 5. The van der Waals surface area contributed by atoms with Crippen molar-refractivity contribution >= 4 is 28.4 Å². The van der Waals surface area contributed by atoms with Crippen LogP contribution in [0.3, 0.4) is 0 Å². The molecule has 2 aromatic carbocycles. The van der Waals surface area contributed by atoms with Crippen LogP contribution in [0.5, 0.6) is 0 Å². The van der Waals surface area contributed by atoms with Crippen LogP contribution in [0.4, 0.5) is 59.2 Å². The van der Waals surface area contributed by atoms with Gasteiger partial charge in [-0.1, -0.05) is 0 Å². The van der Waals surface area contributed by atoms with E-state index in [1.807, 2.05) is 4.90 Å². The van der Waals surface area contributed by atoms with Gasteiger partial charge in [0.2, 0.25) is 0 Å². The van der Waals surface area contributed by atoms with E-state index in [2.05, 4.69) is 5.32 Å². The van der Waals surface area contributed by atoms with E-state index in [9.17, 15) is 51.0 Å². The fourth-order valence-electron chi connectivity index (χ4n) is 4.14. The number of halogens is 7. The molecule has 0 aromatic heterocycles. The van der Waals surface area contributed by atoms with Crippen molar-refractivity contribution < 1.29 is 40.6 Å². The standard InChI is InChI=1S/C12H15F3N4O2.C6H11F3N2.C6H5FN2O2/c13-12(14,15)8-17-3-5-18(6-4-17)9-1-2-11(19(20)21)10(16)7-9;7-6(8,9)5-11-3-1-10-2-4-11;7-4-1-2-6(9(10)11)5(8)3-4/h1-2,7H,3-6,8,16H2;10H,1-5H2;1-3H,8H2. The summed E-state index contributed by atoms with van der Waals surface area (Å²) in [7, 11) is 0. The summed E-state index contributed by atoms with van der Waals surface area (Å²) >= 11 is 0. The molecule has 2 heterocycles. The van der Waals surface area contributed by atoms with Crippen molar-refractivity contribution in [2.24, 2.45) is 0 Å². The molecule has 0 aliphatic carbocycles. The Balaban J connectivity index is 0.000000247. The van der Waals surface area contributed by atoms with Gasteiger partial charge in [-0.2, -0.15) is 26.3 Å². The van der Waals surface area contributed by atoms with Crippen LogP contribution in [0.2, 0.25) is 0 Å². The quantitative estimate of drug-likeness (QED) is 0.193. The van der Waals surface area contributed by atoms with Crippen LogP contribution in [-0.2, 0) is 0 Å². The van der Waals surface area contributed by atoms with Gasteiger partial charge in [-0.15, -0.1) is 0 Å². The third kappa shape index (κ3) is 12.8. The van der Waals surface area contributed by atoms with Crippen LogP contribution in [0.1, 0.15) is 0 Å². The van der Waals surface area contributed by atoms with E-state index in [4.69, 9.17) is 11.5 Å². The average Bonchev–Trinajstić information content (AvgIpc) is 2.88. The second kappa shape index (κ2) is 15.5. The predicted molar refractivity (Wildman–Crippen MR) is 145 cm³/mol. The summed E-state index contributed by atoms with van der Waals surface area (Å²) in [6.07, 6.45) is -8.24. The van der Waals surface area contributed by atoms with Gasteiger partial charge in [-0.05, 0) is 18.2 Å². The lowest BCUT2D eigenvalue weighted by Gasteiger charge is -2.36. The molecule has 0 amide bonds. The molecule has 2 fully saturated rings. The summed E-state index contributed by atoms with van der Waals surface area (Å²) in [6.45, 7) is 2.07. The number of nitrogen functional groups attached to an aromatic ring is 2. The van der Waals surface area contributed by atoms with Crippen LogP contribution in [0, 0.1) is 26.0 Å². The van der Waals surface area contributed by atoms with Crippen molar-refractivity contribution in [3.05, 3.63) is 62.4 Å². The van der Waals surface area contributed by atoms with Crippen molar-refractivity contribution in [1.82, 2.24) is 15.1 Å². The molecule has 2 aromatic rings. The first-order valence-electron chi connectivity index (χ1n) is 12.7. The topological polar surface area (TPSA) is 160 Å². The first-order chi connectivity index (χ1) is 19.9. The molecule has 0 saturated carbocycles. The highest BCUT2D eigenvalue weighted by Crippen LogP contribution is 2.28. The second-order valence-corrected chi connectivity index (χ2v) is 9.48. The number of hydrogen-bond acceptors (Lipinski definition) is 10. The average molecular weight is 629 g/mol. The first kappa shape index (κ1) is 35.2. The van der Waals surface area contributed by atoms with Crippen LogP contribution in [-0.4, -0.2) is 97.4 Å². The van der Waals surface area contributed by atoms with E-state index in [-0.39, 0.29) is 35.8 Å². The van der Waals surface area contributed by atoms with Crippen molar-refractivity contribution in [3.8, 4) is 0 Å². The zero-order valence-corrected chi connectivity index (χ0v) is 22.7. The van der Waals surface area contributed by atoms with Crippen molar-refractivity contribution in [2.45, 2.75) is 12.4 Å². The third-order valence-corrected chi connectivity index (χ3v) is 6.15. The smallest absolute Gasteiger partial charge is 0.393 e. The predicted octanol–water partition coefficient (Wildman–Crippen LogP) is 3.63. The Kier molecular flexibility index (Phi) is 12.7. The lowest BCUT2D eigenvalue weighted by Crippen LogP contribution is -2.49. The third-order valence-electron chi connectivity index (χ3n) is 6.15. The molecule has 0 bridgehead atoms. The van der Waals surface area contributed by atoms with E-state index in [0.717, 1.165) is 18.2 Å². The number of anilines is 3. The molecule has 5 N–H and O–H groups in total. The fraction of sp³-hybridized carbons (Fsp3) is 0.500. The first-order valence-corrected chi connectivity index (χ1v) is 12.7. The zero-order chi connectivity index (χ0) is 32.4. The van der Waals surface area contributed by atoms with Crippen LogP contribution >= 0.6 is 0 Å². The van der Waals surface area contributed by atoms with Crippen LogP contribution < -0.4 is 21.7 Å². The molecule has 2 aliphatic heterocycles. The van der Waals surface area contributed by atoms with Gasteiger partial charge in [-0.25, -0.2) is 4.39 Å². The number of nitro groups is 2. The van der Waals surface area contributed by atoms with E-state index in [0.29, 0.717) is 45.0 Å². The molecule has 0 unspecified atom stereocenters. The lowest BCUT2D eigenvalue weighted by atomic mass is 10.2. The van der Waals surface area contributed by atoms with E-state index < -0.39 is 41.1 Å². The van der Waals surface area contributed by atoms with Crippen molar-refractivity contribution in [3.63, 3.8) is 0 Å². The number of nitrogens with one attached hydrogen (secondary N) is 1. The molecule has 19 heteroatoms. The Bertz CT molecular complexity index is 1220. The Morgan fingerprint density at radius 1 is 0.721 bits per heavy atom. The molecule has 0 radical (unpaired) electrons. The van der Waals surface area contributed by atoms with Gasteiger partial charge in [0.15, 0.2) is 0 Å². The number of benzene rings is 2. The minimum Gasteiger partial charge on any atom is -0.393 e. The minimum atomic E-state index is -4.19. The van der Waals surface area contributed by atoms with Gasteiger partial charge in [-0.3, -0.25) is 30.0 Å². The van der Waals surface area contributed by atoms with Crippen LogP contribution in [0.15, 0.2) is 36.4 Å². The number of nitro benzene ring substituents is 2. The highest BCUT2D eigenvalue weighted by Gasteiger charge is 2.32. The van der Waals surface area contributed by atoms with Gasteiger partial charge >= 0.3 is 12.4 Å². The normalized spacial score (nSPS) is 16.4. The summed E-state index contributed by atoms with van der Waals surface area (Å²) in [5.41, 5.74) is 10.9. The minimum absolute atomic E-state index is 0.0511. The molecule has 43 heavy (non-hydrogen) atoms. The number of alkyl halides is 6. The van der Waals surface area contributed by atoms with Gasteiger partial charge in [0.25, 0.3) is 11.4 Å². The van der Waals surface area contributed by atoms with Gasteiger partial charge in [0.05, 0.1) is 22.9 Å². The molecular weight excluding hydrogens is 597 g/mol. The molecule has 0 spiro atoms. The Hall–Kier alpha value is -3.97. The Morgan fingerprint density at radius 3 is 1.58 bits per heavy atom. The monoisotopic (exact) mass is 628 g/mol. The molecule has 240 valence electrons. The van der Waals surface area contributed by atoms with Gasteiger partial charge < -0.3 is 21.7 Å². The number of rotatable bonds is 5. The van der Waals surface area contributed by atoms with Crippen LogP contribution in [0.25, 0.3) is 0 Å². The lowest BCUT2D eigenvalue weighted by molar-refractivity contribution is -0.384. The summed E-state index contributed by atoms with van der Waals surface area (Å²) in [5, 5.41) is 23.8. The maximum atomic E-state index is 12.3.